The van der Waals surface area contributed by atoms with E-state index in [9.17, 15) is 9.59 Å². The second kappa shape index (κ2) is 7.34. The van der Waals surface area contributed by atoms with Crippen molar-refractivity contribution in [1.82, 2.24) is 9.88 Å². The number of nitrogens with zero attached hydrogens (tertiary/aromatic N) is 1. The van der Waals surface area contributed by atoms with Crippen LogP contribution in [-0.2, 0) is 0 Å². The van der Waals surface area contributed by atoms with Crippen LogP contribution in [-0.4, -0.2) is 29.4 Å². The minimum atomic E-state index is -0.253. The summed E-state index contributed by atoms with van der Waals surface area (Å²) < 4.78 is 5.22. The van der Waals surface area contributed by atoms with Crippen molar-refractivity contribution in [3.8, 4) is 5.75 Å². The molecule has 1 atom stereocenters. The molecule has 0 spiro atoms. The van der Waals surface area contributed by atoms with E-state index in [1.54, 1.807) is 19.2 Å². The number of H-pyrrole nitrogens is 1. The van der Waals surface area contributed by atoms with E-state index >= 15 is 0 Å². The molecule has 1 aromatic carbocycles. The lowest BCUT2D eigenvalue weighted by molar-refractivity contribution is 0.0674. The molecule has 126 valence electrons. The molecule has 3 rings (SSSR count). The zero-order valence-corrected chi connectivity index (χ0v) is 13.8. The number of amides is 1. The van der Waals surface area contributed by atoms with Crippen LogP contribution in [0.15, 0.2) is 47.3 Å². The first kappa shape index (κ1) is 16.3. The van der Waals surface area contributed by atoms with Crippen LogP contribution >= 0.6 is 0 Å². The van der Waals surface area contributed by atoms with Gasteiger partial charge in [0.15, 0.2) is 0 Å². The van der Waals surface area contributed by atoms with Crippen molar-refractivity contribution in [3.63, 3.8) is 0 Å². The van der Waals surface area contributed by atoms with Gasteiger partial charge in [-0.25, -0.2) is 0 Å². The summed E-state index contributed by atoms with van der Waals surface area (Å²) in [5.74, 6) is 0.688. The van der Waals surface area contributed by atoms with Crippen molar-refractivity contribution in [2.45, 2.75) is 31.7 Å². The van der Waals surface area contributed by atoms with Crippen LogP contribution in [0.25, 0.3) is 0 Å². The Morgan fingerprint density at radius 1 is 1.12 bits per heavy atom. The first-order chi connectivity index (χ1) is 11.7. The van der Waals surface area contributed by atoms with Gasteiger partial charge in [0.2, 0.25) is 5.56 Å². The summed E-state index contributed by atoms with van der Waals surface area (Å²) in [6.45, 7) is 0.701. The number of pyridine rings is 1. The second-order valence-corrected chi connectivity index (χ2v) is 6.07. The zero-order valence-electron chi connectivity index (χ0n) is 13.8. The number of hydrogen-bond donors (Lipinski definition) is 1. The number of likely N-dealkylation sites (tertiary alicyclic amines) is 1. The van der Waals surface area contributed by atoms with E-state index in [0.29, 0.717) is 12.2 Å². The van der Waals surface area contributed by atoms with E-state index in [2.05, 4.69) is 4.98 Å². The van der Waals surface area contributed by atoms with Gasteiger partial charge in [0.25, 0.3) is 5.91 Å². The van der Waals surface area contributed by atoms with E-state index in [4.69, 9.17) is 4.74 Å². The summed E-state index contributed by atoms with van der Waals surface area (Å²) in [7, 11) is 1.64. The Kier molecular flexibility index (Phi) is 4.99. The molecule has 24 heavy (non-hydrogen) atoms. The minimum absolute atomic E-state index is 0.0228. The van der Waals surface area contributed by atoms with Crippen LogP contribution in [0, 0.1) is 0 Å². The van der Waals surface area contributed by atoms with Crippen LogP contribution in [0.5, 0.6) is 5.75 Å². The Morgan fingerprint density at radius 3 is 2.62 bits per heavy atom. The Bertz CT molecular complexity index is 752. The van der Waals surface area contributed by atoms with Crippen LogP contribution in [0.4, 0.5) is 0 Å². The molecule has 1 saturated heterocycles. The summed E-state index contributed by atoms with van der Waals surface area (Å²) in [6, 6.07) is 12.6. The van der Waals surface area contributed by atoms with E-state index in [0.717, 1.165) is 37.0 Å². The van der Waals surface area contributed by atoms with Gasteiger partial charge in [0.05, 0.1) is 13.2 Å². The number of aromatic amines is 1. The van der Waals surface area contributed by atoms with Crippen LogP contribution in [0.3, 0.4) is 0 Å². The smallest absolute Gasteiger partial charge is 0.270 e. The lowest BCUT2D eigenvalue weighted by Crippen LogP contribution is -2.36. The maximum atomic E-state index is 12.9. The number of nitrogens with one attached hydrogen (secondary N) is 1. The predicted molar refractivity (Wildman–Crippen MR) is 92.3 cm³/mol. The molecule has 5 nitrogen and oxygen atoms in total. The highest BCUT2D eigenvalue weighted by Crippen LogP contribution is 2.32. The minimum Gasteiger partial charge on any atom is -0.497 e. The largest absolute Gasteiger partial charge is 0.497 e. The molecule has 1 fully saturated rings. The van der Waals surface area contributed by atoms with Crippen molar-refractivity contribution in [2.75, 3.05) is 13.7 Å². The maximum absolute atomic E-state index is 12.9. The molecule has 1 aliphatic rings. The average molecular weight is 326 g/mol. The molecule has 2 heterocycles. The number of aromatic nitrogens is 1. The third-order valence-corrected chi connectivity index (χ3v) is 4.51. The van der Waals surface area contributed by atoms with E-state index in [-0.39, 0.29) is 17.5 Å². The molecule has 1 aliphatic heterocycles. The molecule has 2 aromatic rings. The zero-order chi connectivity index (χ0) is 16.9. The fourth-order valence-corrected chi connectivity index (χ4v) is 3.25. The monoisotopic (exact) mass is 326 g/mol. The topological polar surface area (TPSA) is 62.4 Å². The number of carbonyl (C=O) groups excluding carboxylic acids is 1. The van der Waals surface area contributed by atoms with Crippen LogP contribution in [0.2, 0.25) is 0 Å². The normalized spacial score (nSPS) is 18.0. The average Bonchev–Trinajstić information content (AvgIpc) is 2.87. The number of rotatable bonds is 3. The third kappa shape index (κ3) is 3.50. The van der Waals surface area contributed by atoms with Gasteiger partial charge in [0.1, 0.15) is 11.4 Å². The van der Waals surface area contributed by atoms with Gasteiger partial charge < -0.3 is 14.6 Å². The standard InChI is InChI=1S/C19H22N2O3/c1-24-15-11-9-14(10-12-15)17-7-3-2-4-13-21(17)19(23)16-6-5-8-18(22)20-16/h5-6,8-12,17H,2-4,7,13H2,1H3,(H,20,22). The Balaban J connectivity index is 1.92. The molecule has 5 heteroatoms. The Labute approximate surface area is 141 Å². The summed E-state index contributed by atoms with van der Waals surface area (Å²) >= 11 is 0. The Morgan fingerprint density at radius 2 is 1.92 bits per heavy atom. The van der Waals surface area contributed by atoms with E-state index in [1.807, 2.05) is 29.2 Å². The molecule has 0 saturated carbocycles. The molecule has 1 amide bonds. The number of ether oxygens (including phenoxy) is 1. The molecular weight excluding hydrogens is 304 g/mol. The summed E-state index contributed by atoms with van der Waals surface area (Å²) in [6.07, 6.45) is 4.11. The highest BCUT2D eigenvalue weighted by molar-refractivity contribution is 5.92. The van der Waals surface area contributed by atoms with Crippen LogP contribution in [0.1, 0.15) is 47.8 Å². The summed E-state index contributed by atoms with van der Waals surface area (Å²) in [4.78, 5) is 29.0. The van der Waals surface area contributed by atoms with Crippen molar-refractivity contribution in [3.05, 3.63) is 64.1 Å². The van der Waals surface area contributed by atoms with Gasteiger partial charge in [-0.05, 0) is 36.6 Å². The van der Waals surface area contributed by atoms with Crippen molar-refractivity contribution in [1.29, 1.82) is 0 Å². The molecule has 1 N–H and O–H groups in total. The molecule has 0 bridgehead atoms. The summed E-state index contributed by atoms with van der Waals surface area (Å²) in [5.41, 5.74) is 1.20. The highest BCUT2D eigenvalue weighted by Gasteiger charge is 2.28. The molecule has 0 radical (unpaired) electrons. The maximum Gasteiger partial charge on any atom is 0.270 e. The number of methoxy groups -OCH3 is 1. The van der Waals surface area contributed by atoms with Gasteiger partial charge in [-0.1, -0.05) is 31.0 Å². The Hall–Kier alpha value is -2.56. The van der Waals surface area contributed by atoms with Gasteiger partial charge >= 0.3 is 0 Å². The fraction of sp³-hybridized carbons (Fsp3) is 0.368. The number of hydrogen-bond acceptors (Lipinski definition) is 3. The fourth-order valence-electron chi connectivity index (χ4n) is 3.25. The lowest BCUT2D eigenvalue weighted by Gasteiger charge is -2.30. The van der Waals surface area contributed by atoms with E-state index in [1.165, 1.54) is 6.07 Å². The highest BCUT2D eigenvalue weighted by atomic mass is 16.5. The lowest BCUT2D eigenvalue weighted by atomic mass is 10.0. The number of carbonyl (C=O) groups is 1. The van der Waals surface area contributed by atoms with Crippen molar-refractivity contribution >= 4 is 5.91 Å². The molecule has 0 aliphatic carbocycles. The van der Waals surface area contributed by atoms with Crippen molar-refractivity contribution < 1.29 is 9.53 Å². The second-order valence-electron chi connectivity index (χ2n) is 6.07. The predicted octanol–water partition coefficient (Wildman–Crippen LogP) is 3.14. The van der Waals surface area contributed by atoms with Gasteiger partial charge in [0, 0.05) is 12.6 Å². The first-order valence-electron chi connectivity index (χ1n) is 8.33. The third-order valence-electron chi connectivity index (χ3n) is 4.51. The molecule has 1 aromatic heterocycles. The van der Waals surface area contributed by atoms with Crippen LogP contribution < -0.4 is 10.3 Å². The first-order valence-corrected chi connectivity index (χ1v) is 8.33. The van der Waals surface area contributed by atoms with Gasteiger partial charge in [-0.2, -0.15) is 0 Å². The van der Waals surface area contributed by atoms with E-state index < -0.39 is 0 Å². The van der Waals surface area contributed by atoms with Gasteiger partial charge in [-0.15, -0.1) is 0 Å². The molecule has 1 unspecified atom stereocenters. The number of benzene rings is 1. The summed E-state index contributed by atoms with van der Waals surface area (Å²) in [5, 5.41) is 0. The quantitative estimate of drug-likeness (QED) is 0.942. The molecular formula is C19H22N2O3. The SMILES string of the molecule is COc1ccc(C2CCCCCN2C(=O)c2cccc(=O)[nH]2)cc1. The van der Waals surface area contributed by atoms with Gasteiger partial charge in [-0.3, -0.25) is 9.59 Å². The van der Waals surface area contributed by atoms with Crippen molar-refractivity contribution in [2.24, 2.45) is 0 Å².